The monoisotopic (exact) mass is 539 g/mol. The summed E-state index contributed by atoms with van der Waals surface area (Å²) in [6.07, 6.45) is 5.71. The van der Waals surface area contributed by atoms with Crippen LogP contribution in [0.15, 0.2) is 79.4 Å². The first-order valence-electron chi connectivity index (χ1n) is 12.8. The summed E-state index contributed by atoms with van der Waals surface area (Å²) in [6.45, 7) is 1.64. The van der Waals surface area contributed by atoms with Gasteiger partial charge in [-0.15, -0.1) is 5.53 Å². The van der Waals surface area contributed by atoms with Crippen LogP contribution in [0, 0.1) is 5.82 Å². The van der Waals surface area contributed by atoms with Crippen molar-refractivity contribution >= 4 is 45.4 Å². The first-order valence-corrected chi connectivity index (χ1v) is 12.8. The predicted octanol–water partition coefficient (Wildman–Crippen LogP) is 3.12. The van der Waals surface area contributed by atoms with Crippen LogP contribution >= 0.6 is 0 Å². The van der Waals surface area contributed by atoms with Crippen LogP contribution in [0.1, 0.15) is 11.8 Å². The number of pyridine rings is 1. The molecule has 40 heavy (non-hydrogen) atoms. The summed E-state index contributed by atoms with van der Waals surface area (Å²) in [5.74, 6) is -0.981. The smallest absolute Gasteiger partial charge is 0.295 e. The van der Waals surface area contributed by atoms with Gasteiger partial charge in [0.2, 0.25) is 5.95 Å². The third-order valence-electron chi connectivity index (χ3n) is 7.21. The molecule has 0 saturated carbocycles. The number of para-hydroxylation sites is 3. The molecule has 0 unspecified atom stereocenters. The number of nitrogens with zero attached hydrogens (tertiary/aromatic N) is 6. The quantitative estimate of drug-likeness (QED) is 0.231. The normalized spacial score (nSPS) is 15.3. The molecular formula is C28H26FN9O2. The van der Waals surface area contributed by atoms with Crippen LogP contribution in [0.4, 0.5) is 16.2 Å². The summed E-state index contributed by atoms with van der Waals surface area (Å²) in [5, 5.41) is 1.57. The second-order valence-electron chi connectivity index (χ2n) is 9.50. The van der Waals surface area contributed by atoms with Crippen LogP contribution in [0.2, 0.25) is 0 Å². The van der Waals surface area contributed by atoms with Crippen LogP contribution in [0.3, 0.4) is 0 Å². The van der Waals surface area contributed by atoms with Crippen LogP contribution in [0.25, 0.3) is 27.6 Å². The van der Waals surface area contributed by atoms with Gasteiger partial charge in [0.25, 0.3) is 11.7 Å². The zero-order valence-electron chi connectivity index (χ0n) is 21.2. The molecule has 1 amide bonds. The van der Waals surface area contributed by atoms with Crippen molar-refractivity contribution in [3.05, 3.63) is 90.8 Å². The molecule has 0 spiro atoms. The summed E-state index contributed by atoms with van der Waals surface area (Å²) in [4.78, 5) is 42.2. The molecule has 0 radical (unpaired) electrons. The summed E-state index contributed by atoms with van der Waals surface area (Å²) >= 11 is 0. The first kappa shape index (κ1) is 23.9. The first-order chi connectivity index (χ1) is 19.6. The third kappa shape index (κ3) is 3.84. The van der Waals surface area contributed by atoms with E-state index < -0.39 is 17.5 Å². The second kappa shape index (κ2) is 9.50. The molecule has 0 aliphatic carbocycles. The van der Waals surface area contributed by atoms with Crippen molar-refractivity contribution in [2.24, 2.45) is 0 Å². The summed E-state index contributed by atoms with van der Waals surface area (Å²) in [5.41, 5.74) is 8.76. The number of ketones is 1. The largest absolute Gasteiger partial charge is 0.357 e. The van der Waals surface area contributed by atoms with Crippen LogP contribution in [0.5, 0.6) is 0 Å². The Labute approximate surface area is 228 Å². The molecular weight excluding hydrogens is 513 g/mol. The van der Waals surface area contributed by atoms with Crippen molar-refractivity contribution in [3.63, 3.8) is 0 Å². The molecule has 0 bridgehead atoms. The Morgan fingerprint density at radius 3 is 2.52 bits per heavy atom. The lowest BCUT2D eigenvalue weighted by Gasteiger charge is -2.35. The highest BCUT2D eigenvalue weighted by atomic mass is 19.1. The number of carbonyl (C=O) groups is 2. The van der Waals surface area contributed by atoms with E-state index in [0.29, 0.717) is 37.5 Å². The number of hydrogen-bond acceptors (Lipinski definition) is 8. The SMILES string of the molecule is O=C(C(=O)N1CCN(c2nc3ccccc3n2-c2ccccc2)CC1)c1c[nH]c2c(N3C=CNN3)ncc(F)c12.[HH]. The number of halogens is 1. The van der Waals surface area contributed by atoms with Crippen LogP contribution in [-0.2, 0) is 4.79 Å². The Balaban J connectivity index is 0.00000302. The molecule has 1 saturated heterocycles. The number of hydrazine groups is 2. The van der Waals surface area contributed by atoms with E-state index in [4.69, 9.17) is 4.98 Å². The molecule has 5 heterocycles. The number of anilines is 2. The van der Waals surface area contributed by atoms with Crippen LogP contribution in [-0.4, -0.2) is 62.3 Å². The average molecular weight is 540 g/mol. The van der Waals surface area contributed by atoms with Gasteiger partial charge < -0.3 is 20.2 Å². The number of Topliss-reactive ketones (excluding diaryl/α,β-unsaturated/α-hetero) is 1. The minimum atomic E-state index is -0.768. The van der Waals surface area contributed by atoms with Crippen molar-refractivity contribution in [2.75, 3.05) is 36.1 Å². The van der Waals surface area contributed by atoms with Gasteiger partial charge in [-0.3, -0.25) is 14.2 Å². The highest BCUT2D eigenvalue weighted by Crippen LogP contribution is 2.30. The Hall–Kier alpha value is -5.23. The molecule has 12 heteroatoms. The lowest BCUT2D eigenvalue weighted by atomic mass is 10.1. The number of H-pyrrole nitrogens is 1. The highest BCUT2D eigenvalue weighted by molar-refractivity contribution is 6.45. The maximum atomic E-state index is 14.9. The number of imidazole rings is 1. The van der Waals surface area contributed by atoms with Gasteiger partial charge in [0.15, 0.2) is 11.6 Å². The molecule has 5 aromatic rings. The van der Waals surface area contributed by atoms with Crippen molar-refractivity contribution in [3.8, 4) is 5.69 Å². The average Bonchev–Trinajstić information content (AvgIpc) is 3.76. The number of carbonyl (C=O) groups excluding carboxylic acids is 2. The zero-order valence-corrected chi connectivity index (χ0v) is 21.2. The molecule has 11 nitrogen and oxygen atoms in total. The van der Waals surface area contributed by atoms with E-state index in [1.807, 2.05) is 54.6 Å². The van der Waals surface area contributed by atoms with Gasteiger partial charge in [0.1, 0.15) is 0 Å². The van der Waals surface area contributed by atoms with E-state index in [1.165, 1.54) is 16.1 Å². The fourth-order valence-corrected chi connectivity index (χ4v) is 5.26. The summed E-state index contributed by atoms with van der Waals surface area (Å²) < 4.78 is 17.0. The molecule has 0 atom stereocenters. The second-order valence-corrected chi connectivity index (χ2v) is 9.50. The van der Waals surface area contributed by atoms with Crippen molar-refractivity contribution < 1.29 is 15.4 Å². The lowest BCUT2D eigenvalue weighted by molar-refractivity contribution is -0.126. The van der Waals surface area contributed by atoms with Gasteiger partial charge in [-0.05, 0) is 24.3 Å². The number of hydrogen-bond donors (Lipinski definition) is 3. The Morgan fingerprint density at radius 2 is 1.75 bits per heavy atom. The molecule has 1 fully saturated rings. The summed E-state index contributed by atoms with van der Waals surface area (Å²) in [6, 6.07) is 18.0. The molecule has 2 aliphatic rings. The highest BCUT2D eigenvalue weighted by Gasteiger charge is 2.31. The lowest BCUT2D eigenvalue weighted by Crippen LogP contribution is -2.51. The van der Waals surface area contributed by atoms with E-state index >= 15 is 0 Å². The maximum absolute atomic E-state index is 14.9. The number of amides is 1. The summed E-state index contributed by atoms with van der Waals surface area (Å²) in [7, 11) is 0. The van der Waals surface area contributed by atoms with Crippen molar-refractivity contribution in [2.45, 2.75) is 0 Å². The van der Waals surface area contributed by atoms with Gasteiger partial charge in [0, 0.05) is 51.9 Å². The standard InChI is InChI=1S/C28H24FN9O2.H2/c29-20-17-31-26(37-11-10-32-34-37)24-23(20)19(16-30-24)25(39)27(40)35-12-14-36(15-13-35)28-33-21-8-4-5-9-22(21)38(28)18-6-2-1-3-7-18;/h1-11,16-17,30,32,34H,12-15H2;1H. The Kier molecular flexibility index (Phi) is 5.67. The number of benzene rings is 2. The van der Waals surface area contributed by atoms with Gasteiger partial charge in [0.05, 0.1) is 33.7 Å². The van der Waals surface area contributed by atoms with Gasteiger partial charge in [-0.25, -0.2) is 19.4 Å². The Bertz CT molecular complexity index is 1790. The van der Waals surface area contributed by atoms with Crippen LogP contribution < -0.4 is 20.9 Å². The molecule has 3 aromatic heterocycles. The maximum Gasteiger partial charge on any atom is 0.295 e. The molecule has 2 aliphatic heterocycles. The number of rotatable bonds is 5. The van der Waals surface area contributed by atoms with Gasteiger partial charge in [-0.2, -0.15) is 0 Å². The predicted molar refractivity (Wildman–Crippen MR) is 150 cm³/mol. The van der Waals surface area contributed by atoms with E-state index in [2.05, 4.69) is 30.4 Å². The molecule has 2 aromatic carbocycles. The number of aromatic nitrogens is 4. The van der Waals surface area contributed by atoms with Gasteiger partial charge in [-0.1, -0.05) is 30.3 Å². The molecule has 202 valence electrons. The Morgan fingerprint density at radius 1 is 0.975 bits per heavy atom. The van der Waals surface area contributed by atoms with E-state index in [9.17, 15) is 14.0 Å². The topological polar surface area (TPSA) is 114 Å². The van der Waals surface area contributed by atoms with E-state index in [1.54, 1.807) is 12.4 Å². The van der Waals surface area contributed by atoms with E-state index in [0.717, 1.165) is 28.9 Å². The molecule has 3 N–H and O–H groups in total. The number of fused-ring (bicyclic) bond motifs is 2. The fourth-order valence-electron chi connectivity index (χ4n) is 5.26. The van der Waals surface area contributed by atoms with E-state index in [-0.39, 0.29) is 12.4 Å². The number of piperazine rings is 1. The minimum Gasteiger partial charge on any atom is -0.357 e. The van der Waals surface area contributed by atoms with Crippen molar-refractivity contribution in [1.82, 2.24) is 35.4 Å². The zero-order chi connectivity index (χ0) is 27.2. The third-order valence-corrected chi connectivity index (χ3v) is 7.21. The fraction of sp³-hybridized carbons (Fsp3) is 0.143. The minimum absolute atomic E-state index is 0. The number of nitrogens with one attached hydrogen (secondary N) is 3. The van der Waals surface area contributed by atoms with Gasteiger partial charge >= 0.3 is 0 Å². The molecule has 7 rings (SSSR count). The van der Waals surface area contributed by atoms with Crippen molar-refractivity contribution in [1.29, 1.82) is 0 Å². The number of aromatic amines is 1.